The highest BCUT2D eigenvalue weighted by Crippen LogP contribution is 2.29. The van der Waals surface area contributed by atoms with E-state index < -0.39 is 22.5 Å². The van der Waals surface area contributed by atoms with Crippen LogP contribution in [0.15, 0.2) is 82.8 Å². The normalized spacial score (nSPS) is 11.3. The number of aryl methyl sites for hydroxylation is 1. The van der Waals surface area contributed by atoms with Crippen LogP contribution in [0.2, 0.25) is 5.02 Å². The van der Waals surface area contributed by atoms with E-state index in [-0.39, 0.29) is 4.90 Å². The van der Waals surface area contributed by atoms with Crippen LogP contribution in [-0.2, 0) is 14.8 Å². The first kappa shape index (κ1) is 23.3. The Hall–Kier alpha value is -3.36. The molecule has 0 aliphatic carbocycles. The number of ether oxygens (including phenoxy) is 1. The highest BCUT2D eigenvalue weighted by molar-refractivity contribution is 7.92. The Morgan fingerprint density at radius 1 is 1.09 bits per heavy atom. The van der Waals surface area contributed by atoms with Crippen molar-refractivity contribution in [2.75, 3.05) is 18.0 Å². The number of benzene rings is 3. The summed E-state index contributed by atoms with van der Waals surface area (Å²) in [5, 5.41) is 4.29. The summed E-state index contributed by atoms with van der Waals surface area (Å²) in [6.07, 6.45) is 1.43. The smallest absolute Gasteiger partial charge is 0.264 e. The van der Waals surface area contributed by atoms with E-state index in [9.17, 15) is 13.2 Å². The SMILES string of the molecule is COc1ccccc1/C=N\NC(=O)CN(c1cc(Cl)ccc1C)S(=O)(=O)c1ccccc1. The topological polar surface area (TPSA) is 88.1 Å². The molecule has 0 atom stereocenters. The van der Waals surface area contributed by atoms with Crippen LogP contribution in [0.25, 0.3) is 0 Å². The molecular formula is C23H22ClN3O4S. The molecule has 3 aromatic rings. The number of anilines is 1. The summed E-state index contributed by atoms with van der Waals surface area (Å²) in [5.74, 6) is -0.0247. The van der Waals surface area contributed by atoms with E-state index in [1.54, 1.807) is 49.4 Å². The zero-order valence-corrected chi connectivity index (χ0v) is 19.1. The summed E-state index contributed by atoms with van der Waals surface area (Å²) in [6, 6.07) is 19.9. The Bertz CT molecular complexity index is 1230. The molecule has 0 aliphatic rings. The lowest BCUT2D eigenvalue weighted by molar-refractivity contribution is -0.119. The molecule has 1 N–H and O–H groups in total. The van der Waals surface area contributed by atoms with E-state index in [4.69, 9.17) is 16.3 Å². The number of hydrogen-bond donors (Lipinski definition) is 1. The second kappa shape index (κ2) is 10.3. The lowest BCUT2D eigenvalue weighted by Gasteiger charge is -2.25. The van der Waals surface area contributed by atoms with Crippen molar-refractivity contribution in [3.05, 3.63) is 88.9 Å². The van der Waals surface area contributed by atoms with E-state index >= 15 is 0 Å². The summed E-state index contributed by atoms with van der Waals surface area (Å²) in [5.41, 5.74) is 4.00. The maximum atomic E-state index is 13.4. The highest BCUT2D eigenvalue weighted by Gasteiger charge is 2.28. The maximum Gasteiger partial charge on any atom is 0.264 e. The van der Waals surface area contributed by atoms with E-state index in [2.05, 4.69) is 10.5 Å². The monoisotopic (exact) mass is 471 g/mol. The van der Waals surface area contributed by atoms with E-state index in [1.807, 2.05) is 12.1 Å². The van der Waals surface area contributed by atoms with Gasteiger partial charge in [0.05, 0.1) is 23.9 Å². The van der Waals surface area contributed by atoms with E-state index in [0.717, 1.165) is 4.31 Å². The zero-order valence-electron chi connectivity index (χ0n) is 17.5. The van der Waals surface area contributed by atoms with Gasteiger partial charge in [-0.15, -0.1) is 0 Å². The minimum atomic E-state index is -4.03. The number of sulfonamides is 1. The van der Waals surface area contributed by atoms with Gasteiger partial charge in [-0.05, 0) is 48.9 Å². The third-order valence-electron chi connectivity index (χ3n) is 4.59. The van der Waals surface area contributed by atoms with Crippen molar-refractivity contribution in [1.82, 2.24) is 5.43 Å². The molecule has 3 aromatic carbocycles. The van der Waals surface area contributed by atoms with Crippen molar-refractivity contribution >= 4 is 39.4 Å². The molecule has 32 heavy (non-hydrogen) atoms. The van der Waals surface area contributed by atoms with Crippen molar-refractivity contribution < 1.29 is 17.9 Å². The Balaban J connectivity index is 1.88. The van der Waals surface area contributed by atoms with Gasteiger partial charge in [0.25, 0.3) is 15.9 Å². The predicted molar refractivity (Wildman–Crippen MR) is 126 cm³/mol. The summed E-state index contributed by atoms with van der Waals surface area (Å²) >= 11 is 6.12. The van der Waals surface area contributed by atoms with E-state index in [0.29, 0.717) is 27.6 Å². The molecule has 0 aliphatic heterocycles. The van der Waals surface area contributed by atoms with Crippen LogP contribution in [0.1, 0.15) is 11.1 Å². The van der Waals surface area contributed by atoms with Gasteiger partial charge in [-0.1, -0.05) is 48.0 Å². The van der Waals surface area contributed by atoms with Crippen LogP contribution in [0.4, 0.5) is 5.69 Å². The van der Waals surface area contributed by atoms with Gasteiger partial charge in [0.2, 0.25) is 0 Å². The number of amides is 1. The first-order valence-corrected chi connectivity index (χ1v) is 11.4. The summed E-state index contributed by atoms with van der Waals surface area (Å²) in [4.78, 5) is 12.7. The molecule has 3 rings (SSSR count). The lowest BCUT2D eigenvalue weighted by Crippen LogP contribution is -2.40. The minimum Gasteiger partial charge on any atom is -0.496 e. The Labute approximate surface area is 192 Å². The molecular weight excluding hydrogens is 450 g/mol. The number of hydrogen-bond acceptors (Lipinski definition) is 5. The number of para-hydroxylation sites is 1. The minimum absolute atomic E-state index is 0.0599. The Kier molecular flexibility index (Phi) is 7.50. The molecule has 0 saturated heterocycles. The molecule has 0 unspecified atom stereocenters. The van der Waals surface area contributed by atoms with Crippen molar-refractivity contribution in [2.24, 2.45) is 5.10 Å². The molecule has 0 radical (unpaired) electrons. The fraction of sp³-hybridized carbons (Fsp3) is 0.130. The van der Waals surface area contributed by atoms with Gasteiger partial charge in [0.1, 0.15) is 12.3 Å². The van der Waals surface area contributed by atoms with Crippen molar-refractivity contribution in [1.29, 1.82) is 0 Å². The number of hydrazone groups is 1. The average Bonchev–Trinajstić information content (AvgIpc) is 2.80. The van der Waals surface area contributed by atoms with Crippen molar-refractivity contribution in [3.63, 3.8) is 0 Å². The number of methoxy groups -OCH3 is 1. The predicted octanol–water partition coefficient (Wildman–Crippen LogP) is 4.00. The molecule has 166 valence electrons. The van der Waals surface area contributed by atoms with Gasteiger partial charge in [-0.25, -0.2) is 13.8 Å². The highest BCUT2D eigenvalue weighted by atomic mass is 35.5. The molecule has 0 heterocycles. The number of carbonyl (C=O) groups excluding carboxylic acids is 1. The van der Waals surface area contributed by atoms with Gasteiger partial charge < -0.3 is 4.74 Å². The Morgan fingerprint density at radius 2 is 1.78 bits per heavy atom. The van der Waals surface area contributed by atoms with Gasteiger partial charge in [0.15, 0.2) is 0 Å². The number of rotatable bonds is 8. The average molecular weight is 472 g/mol. The third-order valence-corrected chi connectivity index (χ3v) is 6.60. The summed E-state index contributed by atoms with van der Waals surface area (Å²) < 4.78 is 33.0. The first-order valence-electron chi connectivity index (χ1n) is 9.62. The Morgan fingerprint density at radius 3 is 2.50 bits per heavy atom. The van der Waals surface area contributed by atoms with E-state index in [1.165, 1.54) is 31.5 Å². The van der Waals surface area contributed by atoms with Crippen LogP contribution in [0.5, 0.6) is 5.75 Å². The van der Waals surface area contributed by atoms with Gasteiger partial charge in [-0.3, -0.25) is 9.10 Å². The van der Waals surface area contributed by atoms with Crippen LogP contribution in [0, 0.1) is 6.92 Å². The molecule has 0 saturated carbocycles. The summed E-state index contributed by atoms with van der Waals surface area (Å²) in [6.45, 7) is 1.26. The van der Waals surface area contributed by atoms with Crippen molar-refractivity contribution in [3.8, 4) is 5.75 Å². The quantitative estimate of drug-likeness (QED) is 0.397. The van der Waals surface area contributed by atoms with Crippen LogP contribution >= 0.6 is 11.6 Å². The molecule has 0 bridgehead atoms. The maximum absolute atomic E-state index is 13.4. The largest absolute Gasteiger partial charge is 0.496 e. The molecule has 1 amide bonds. The number of halogens is 1. The van der Waals surface area contributed by atoms with Crippen LogP contribution < -0.4 is 14.5 Å². The first-order chi connectivity index (χ1) is 15.3. The molecule has 0 aromatic heterocycles. The number of carbonyl (C=O) groups is 1. The molecule has 7 nitrogen and oxygen atoms in total. The van der Waals surface area contributed by atoms with Crippen LogP contribution in [-0.4, -0.2) is 34.2 Å². The lowest BCUT2D eigenvalue weighted by atomic mass is 10.2. The standard InChI is InChI=1S/C23H22ClN3O4S/c1-17-12-13-19(24)14-21(17)27(32(29,30)20-9-4-3-5-10-20)16-23(28)26-25-15-18-8-6-7-11-22(18)31-2/h3-15H,16H2,1-2H3,(H,26,28)/b25-15-. The van der Waals surface area contributed by atoms with Crippen LogP contribution in [0.3, 0.4) is 0 Å². The third kappa shape index (κ3) is 5.46. The number of nitrogens with zero attached hydrogens (tertiary/aromatic N) is 2. The van der Waals surface area contributed by atoms with Gasteiger partial charge >= 0.3 is 0 Å². The molecule has 0 spiro atoms. The molecule has 0 fully saturated rings. The fourth-order valence-electron chi connectivity index (χ4n) is 2.98. The van der Waals surface area contributed by atoms with Gasteiger partial charge in [0, 0.05) is 10.6 Å². The van der Waals surface area contributed by atoms with Gasteiger partial charge in [-0.2, -0.15) is 5.10 Å². The fourth-order valence-corrected chi connectivity index (χ4v) is 4.65. The second-order valence-corrected chi connectivity index (χ2v) is 9.09. The molecule has 9 heteroatoms. The second-order valence-electron chi connectivity index (χ2n) is 6.79. The zero-order chi connectivity index (χ0) is 23.1. The number of nitrogens with one attached hydrogen (secondary N) is 1. The summed E-state index contributed by atoms with van der Waals surface area (Å²) in [7, 11) is -2.50. The van der Waals surface area contributed by atoms with Crippen molar-refractivity contribution in [2.45, 2.75) is 11.8 Å².